The van der Waals surface area contributed by atoms with Crippen LogP contribution in [0.5, 0.6) is 5.75 Å². The van der Waals surface area contributed by atoms with Gasteiger partial charge in [0.25, 0.3) is 0 Å². The number of phenols is 1. The molecule has 0 aliphatic rings. The Morgan fingerprint density at radius 1 is 0.938 bits per heavy atom. The molecule has 0 spiro atoms. The van der Waals surface area contributed by atoms with Crippen molar-refractivity contribution in [1.29, 1.82) is 0 Å². The van der Waals surface area contributed by atoms with Gasteiger partial charge in [-0.25, -0.2) is 0 Å². The van der Waals surface area contributed by atoms with Gasteiger partial charge >= 0.3 is 0 Å². The van der Waals surface area contributed by atoms with Crippen molar-refractivity contribution in [2.45, 2.75) is 13.8 Å². The molecule has 0 aromatic heterocycles. The first-order chi connectivity index (χ1) is 7.59. The van der Waals surface area contributed by atoms with Crippen LogP contribution < -0.4 is 0 Å². The molecule has 0 atom stereocenters. The number of halogens is 1. The van der Waals surface area contributed by atoms with Crippen molar-refractivity contribution >= 4 is 11.6 Å². The first-order valence-corrected chi connectivity index (χ1v) is 5.52. The Kier molecular flexibility index (Phi) is 2.88. The zero-order chi connectivity index (χ0) is 11.7. The lowest BCUT2D eigenvalue weighted by Gasteiger charge is -2.11. The predicted octanol–water partition coefficient (Wildman–Crippen LogP) is 4.33. The molecule has 0 saturated carbocycles. The summed E-state index contributed by atoms with van der Waals surface area (Å²) < 4.78 is 0. The molecular formula is C14H13ClO. The molecule has 0 aliphatic heterocycles. The summed E-state index contributed by atoms with van der Waals surface area (Å²) in [6.45, 7) is 4.07. The van der Waals surface area contributed by atoms with Crippen LogP contribution in [-0.4, -0.2) is 5.11 Å². The Labute approximate surface area is 100 Å². The predicted molar refractivity (Wildman–Crippen MR) is 68.0 cm³/mol. The van der Waals surface area contributed by atoms with E-state index in [1.165, 1.54) is 5.56 Å². The molecule has 16 heavy (non-hydrogen) atoms. The van der Waals surface area contributed by atoms with Crippen LogP contribution >= 0.6 is 11.6 Å². The maximum absolute atomic E-state index is 9.27. The highest BCUT2D eigenvalue weighted by Crippen LogP contribution is 2.32. The van der Waals surface area contributed by atoms with Gasteiger partial charge in [-0.3, -0.25) is 0 Å². The number of rotatable bonds is 1. The number of hydrogen-bond donors (Lipinski definition) is 1. The molecule has 2 heteroatoms. The summed E-state index contributed by atoms with van der Waals surface area (Å²) in [5.74, 6) is 0.279. The Bertz CT molecular complexity index is 515. The minimum Gasteiger partial charge on any atom is -0.508 e. The van der Waals surface area contributed by atoms with Crippen LogP contribution in [0.15, 0.2) is 36.4 Å². The van der Waals surface area contributed by atoms with Gasteiger partial charge in [0.05, 0.1) is 0 Å². The molecule has 0 fully saturated rings. The van der Waals surface area contributed by atoms with Crippen LogP contribution in [0.3, 0.4) is 0 Å². The van der Waals surface area contributed by atoms with Crippen LogP contribution in [0.4, 0.5) is 0 Å². The fraction of sp³-hybridized carbons (Fsp3) is 0.143. The zero-order valence-electron chi connectivity index (χ0n) is 9.29. The average Bonchev–Trinajstić information content (AvgIpc) is 2.27. The van der Waals surface area contributed by atoms with Gasteiger partial charge in [0.1, 0.15) is 5.75 Å². The molecule has 1 N–H and O–H groups in total. The van der Waals surface area contributed by atoms with E-state index in [0.717, 1.165) is 21.7 Å². The first kappa shape index (κ1) is 11.0. The summed E-state index contributed by atoms with van der Waals surface area (Å²) in [7, 11) is 0. The van der Waals surface area contributed by atoms with E-state index in [4.69, 9.17) is 11.6 Å². The van der Waals surface area contributed by atoms with Gasteiger partial charge < -0.3 is 5.11 Å². The largest absolute Gasteiger partial charge is 0.508 e. The number of phenolic OH excluding ortho intramolecular Hbond substituents is 1. The molecule has 0 bridgehead atoms. The smallest absolute Gasteiger partial charge is 0.115 e. The SMILES string of the molecule is Cc1ccc(Cl)c(C)c1-c1ccc(O)cc1. The summed E-state index contributed by atoms with van der Waals surface area (Å²) in [6.07, 6.45) is 0. The summed E-state index contributed by atoms with van der Waals surface area (Å²) in [5.41, 5.74) is 4.49. The van der Waals surface area contributed by atoms with Gasteiger partial charge in [-0.05, 0) is 54.3 Å². The lowest BCUT2D eigenvalue weighted by atomic mass is 9.96. The van der Waals surface area contributed by atoms with E-state index in [-0.39, 0.29) is 5.75 Å². The molecule has 2 rings (SSSR count). The third-order valence-electron chi connectivity index (χ3n) is 2.76. The summed E-state index contributed by atoms with van der Waals surface area (Å²) >= 11 is 6.12. The van der Waals surface area contributed by atoms with Crippen LogP contribution in [0.25, 0.3) is 11.1 Å². The first-order valence-electron chi connectivity index (χ1n) is 5.14. The van der Waals surface area contributed by atoms with E-state index in [1.807, 2.05) is 31.2 Å². The topological polar surface area (TPSA) is 20.2 Å². The van der Waals surface area contributed by atoms with Crippen LogP contribution in [0, 0.1) is 13.8 Å². The van der Waals surface area contributed by atoms with Crippen molar-refractivity contribution in [2.24, 2.45) is 0 Å². The second-order valence-corrected chi connectivity index (χ2v) is 4.32. The molecule has 0 aliphatic carbocycles. The number of hydrogen-bond acceptors (Lipinski definition) is 1. The Hall–Kier alpha value is -1.47. The zero-order valence-corrected chi connectivity index (χ0v) is 10.0. The maximum Gasteiger partial charge on any atom is 0.115 e. The lowest BCUT2D eigenvalue weighted by Crippen LogP contribution is -1.88. The third kappa shape index (κ3) is 1.91. The van der Waals surface area contributed by atoms with E-state index in [9.17, 15) is 5.11 Å². The maximum atomic E-state index is 9.27. The number of aromatic hydroxyl groups is 1. The van der Waals surface area contributed by atoms with Crippen molar-refractivity contribution < 1.29 is 5.11 Å². The molecule has 2 aromatic carbocycles. The van der Waals surface area contributed by atoms with E-state index in [1.54, 1.807) is 12.1 Å². The monoisotopic (exact) mass is 232 g/mol. The van der Waals surface area contributed by atoms with Crippen LogP contribution in [0.1, 0.15) is 11.1 Å². The van der Waals surface area contributed by atoms with E-state index >= 15 is 0 Å². The van der Waals surface area contributed by atoms with Crippen molar-refractivity contribution in [3.8, 4) is 16.9 Å². The summed E-state index contributed by atoms with van der Waals surface area (Å²) in [4.78, 5) is 0. The van der Waals surface area contributed by atoms with Crippen molar-refractivity contribution in [3.63, 3.8) is 0 Å². The van der Waals surface area contributed by atoms with Crippen LogP contribution in [-0.2, 0) is 0 Å². The van der Waals surface area contributed by atoms with Gasteiger partial charge in [0, 0.05) is 5.02 Å². The van der Waals surface area contributed by atoms with Crippen molar-refractivity contribution in [1.82, 2.24) is 0 Å². The molecule has 0 saturated heterocycles. The third-order valence-corrected chi connectivity index (χ3v) is 3.17. The average molecular weight is 233 g/mol. The van der Waals surface area contributed by atoms with Gasteiger partial charge in [-0.15, -0.1) is 0 Å². The lowest BCUT2D eigenvalue weighted by molar-refractivity contribution is 0.475. The second-order valence-electron chi connectivity index (χ2n) is 3.91. The van der Waals surface area contributed by atoms with E-state index < -0.39 is 0 Å². The van der Waals surface area contributed by atoms with Gasteiger partial charge in [0.15, 0.2) is 0 Å². The highest BCUT2D eigenvalue weighted by Gasteiger charge is 2.08. The van der Waals surface area contributed by atoms with Gasteiger partial charge in [-0.2, -0.15) is 0 Å². The summed E-state index contributed by atoms with van der Waals surface area (Å²) in [5, 5.41) is 10.0. The fourth-order valence-electron chi connectivity index (χ4n) is 1.89. The normalized spacial score (nSPS) is 10.4. The molecule has 0 unspecified atom stereocenters. The Morgan fingerprint density at radius 2 is 1.56 bits per heavy atom. The van der Waals surface area contributed by atoms with Gasteiger partial charge in [-0.1, -0.05) is 29.8 Å². The van der Waals surface area contributed by atoms with Crippen LogP contribution in [0.2, 0.25) is 5.02 Å². The molecule has 1 nitrogen and oxygen atoms in total. The van der Waals surface area contributed by atoms with E-state index in [0.29, 0.717) is 0 Å². The molecular weight excluding hydrogens is 220 g/mol. The molecule has 82 valence electrons. The van der Waals surface area contributed by atoms with E-state index in [2.05, 4.69) is 6.92 Å². The number of benzene rings is 2. The van der Waals surface area contributed by atoms with Crippen molar-refractivity contribution in [3.05, 3.63) is 52.5 Å². The standard InChI is InChI=1S/C14H13ClO/c1-9-3-8-13(15)10(2)14(9)11-4-6-12(16)7-5-11/h3-8,16H,1-2H3. The second kappa shape index (κ2) is 4.18. The summed E-state index contributed by atoms with van der Waals surface area (Å²) in [6, 6.07) is 11.1. The minimum absolute atomic E-state index is 0.279. The molecule has 0 heterocycles. The molecule has 0 amide bonds. The van der Waals surface area contributed by atoms with Gasteiger partial charge in [0.2, 0.25) is 0 Å². The Balaban J connectivity index is 2.63. The minimum atomic E-state index is 0.279. The quantitative estimate of drug-likeness (QED) is 0.776. The molecule has 0 radical (unpaired) electrons. The Morgan fingerprint density at radius 3 is 2.19 bits per heavy atom. The molecule has 2 aromatic rings. The van der Waals surface area contributed by atoms with Crippen molar-refractivity contribution in [2.75, 3.05) is 0 Å². The number of aryl methyl sites for hydroxylation is 1. The fourth-order valence-corrected chi connectivity index (χ4v) is 2.05. The highest BCUT2D eigenvalue weighted by molar-refractivity contribution is 6.31. The highest BCUT2D eigenvalue weighted by atomic mass is 35.5.